The van der Waals surface area contributed by atoms with Gasteiger partial charge in [0.1, 0.15) is 5.75 Å². The van der Waals surface area contributed by atoms with Crippen LogP contribution in [0.1, 0.15) is 5.56 Å². The van der Waals surface area contributed by atoms with E-state index in [9.17, 15) is 9.90 Å². The summed E-state index contributed by atoms with van der Waals surface area (Å²) in [5, 5.41) is 21.3. The molecule has 3 N–H and O–H groups in total. The first-order valence-electron chi connectivity index (χ1n) is 3.60. The summed E-state index contributed by atoms with van der Waals surface area (Å²) in [6, 6.07) is 4.37. The second kappa shape index (κ2) is 4.48. The molecule has 0 spiro atoms. The summed E-state index contributed by atoms with van der Waals surface area (Å²) in [5.41, 5.74) is 2.11. The molecule has 0 saturated carbocycles. The quantitative estimate of drug-likeness (QED) is 0.517. The van der Waals surface area contributed by atoms with Crippen molar-refractivity contribution in [3.63, 3.8) is 0 Å². The Balaban J connectivity index is 2.80. The van der Waals surface area contributed by atoms with Gasteiger partial charge in [-0.05, 0) is 18.2 Å². The largest absolute Gasteiger partial charge is 0.507 e. The molecule has 1 aromatic carbocycles. The molecule has 0 aliphatic carbocycles. The van der Waals surface area contributed by atoms with Crippen molar-refractivity contribution < 1.29 is 15.0 Å². The van der Waals surface area contributed by atoms with Crippen LogP contribution in [0.4, 0.5) is 4.79 Å². The fourth-order valence-corrected chi connectivity index (χ4v) is 0.966. The van der Waals surface area contributed by atoms with Crippen LogP contribution in [0, 0.1) is 0 Å². The molecule has 0 aliphatic rings. The van der Waals surface area contributed by atoms with E-state index in [1.54, 1.807) is 5.43 Å². The molecule has 0 aliphatic heterocycles. The van der Waals surface area contributed by atoms with E-state index in [0.717, 1.165) is 6.21 Å². The summed E-state index contributed by atoms with van der Waals surface area (Å²) in [5.74, 6) is -0.0228. The Morgan fingerprint density at radius 3 is 2.93 bits per heavy atom. The minimum Gasteiger partial charge on any atom is -0.507 e. The van der Waals surface area contributed by atoms with Gasteiger partial charge in [-0.15, -0.1) is 0 Å². The first-order chi connectivity index (χ1) is 6.59. The Kier molecular flexibility index (Phi) is 3.30. The lowest BCUT2D eigenvalue weighted by molar-refractivity contribution is 0.195. The van der Waals surface area contributed by atoms with Gasteiger partial charge < -0.3 is 10.2 Å². The third-order valence-corrected chi connectivity index (χ3v) is 1.59. The Labute approximate surface area is 84.6 Å². The number of halogens is 1. The van der Waals surface area contributed by atoms with Crippen LogP contribution in [-0.4, -0.2) is 22.5 Å². The SMILES string of the molecule is O=C(O)N/N=C/c1cc(Cl)ccc1O. The lowest BCUT2D eigenvalue weighted by atomic mass is 10.2. The molecule has 5 nitrogen and oxygen atoms in total. The summed E-state index contributed by atoms with van der Waals surface area (Å²) in [7, 11) is 0. The van der Waals surface area contributed by atoms with E-state index in [1.807, 2.05) is 0 Å². The first kappa shape index (κ1) is 10.3. The maximum absolute atomic E-state index is 10.0. The van der Waals surface area contributed by atoms with E-state index < -0.39 is 6.09 Å². The van der Waals surface area contributed by atoms with Gasteiger partial charge in [-0.2, -0.15) is 5.10 Å². The van der Waals surface area contributed by atoms with E-state index in [2.05, 4.69) is 5.10 Å². The zero-order valence-electron chi connectivity index (χ0n) is 6.94. The van der Waals surface area contributed by atoms with Gasteiger partial charge in [-0.3, -0.25) is 0 Å². The highest BCUT2D eigenvalue weighted by Crippen LogP contribution is 2.19. The van der Waals surface area contributed by atoms with Crippen molar-refractivity contribution in [1.29, 1.82) is 0 Å². The lowest BCUT2D eigenvalue weighted by Gasteiger charge is -1.98. The van der Waals surface area contributed by atoms with Crippen molar-refractivity contribution in [3.05, 3.63) is 28.8 Å². The van der Waals surface area contributed by atoms with E-state index >= 15 is 0 Å². The molecule has 0 fully saturated rings. The number of amides is 1. The molecule has 74 valence electrons. The van der Waals surface area contributed by atoms with Gasteiger partial charge in [0.05, 0.1) is 6.21 Å². The first-order valence-corrected chi connectivity index (χ1v) is 3.98. The molecule has 0 atom stereocenters. The Hall–Kier alpha value is -1.75. The Morgan fingerprint density at radius 1 is 1.57 bits per heavy atom. The Bertz CT molecular complexity index is 379. The van der Waals surface area contributed by atoms with Gasteiger partial charge in [-0.1, -0.05) is 11.6 Å². The fraction of sp³-hybridized carbons (Fsp3) is 0. The second-order valence-electron chi connectivity index (χ2n) is 2.38. The molecule has 1 aromatic rings. The third kappa shape index (κ3) is 2.95. The number of phenolic OH excluding ortho intramolecular Hbond substituents is 1. The minimum absolute atomic E-state index is 0.0228. The van der Waals surface area contributed by atoms with Crippen LogP contribution in [0.2, 0.25) is 5.02 Å². The molecule has 0 aromatic heterocycles. The number of nitrogens with one attached hydrogen (secondary N) is 1. The molecule has 1 amide bonds. The monoisotopic (exact) mass is 214 g/mol. The van der Waals surface area contributed by atoms with Crippen LogP contribution in [0.25, 0.3) is 0 Å². The molecule has 1 rings (SSSR count). The third-order valence-electron chi connectivity index (χ3n) is 1.35. The molecule has 0 saturated heterocycles. The number of carbonyl (C=O) groups is 1. The highest BCUT2D eigenvalue weighted by atomic mass is 35.5. The van der Waals surface area contributed by atoms with Crippen LogP contribution in [0.3, 0.4) is 0 Å². The minimum atomic E-state index is -1.28. The number of benzene rings is 1. The number of hydrogen-bond acceptors (Lipinski definition) is 3. The summed E-state index contributed by atoms with van der Waals surface area (Å²) < 4.78 is 0. The van der Waals surface area contributed by atoms with Crippen LogP contribution >= 0.6 is 11.6 Å². The highest BCUT2D eigenvalue weighted by molar-refractivity contribution is 6.30. The van der Waals surface area contributed by atoms with Gasteiger partial charge in [0.2, 0.25) is 0 Å². The number of phenols is 1. The molecule has 0 bridgehead atoms. The fourth-order valence-electron chi connectivity index (χ4n) is 0.786. The zero-order chi connectivity index (χ0) is 10.6. The molecule has 14 heavy (non-hydrogen) atoms. The summed E-state index contributed by atoms with van der Waals surface area (Å²) in [6.07, 6.45) is -0.113. The van der Waals surface area contributed by atoms with Gasteiger partial charge in [0.15, 0.2) is 0 Å². The van der Waals surface area contributed by atoms with E-state index in [1.165, 1.54) is 18.2 Å². The van der Waals surface area contributed by atoms with E-state index in [0.29, 0.717) is 10.6 Å². The van der Waals surface area contributed by atoms with Crippen molar-refractivity contribution in [1.82, 2.24) is 5.43 Å². The van der Waals surface area contributed by atoms with Crippen molar-refractivity contribution in [2.24, 2.45) is 5.10 Å². The zero-order valence-corrected chi connectivity index (χ0v) is 7.69. The molecular formula is C8H7ClN2O3. The maximum Gasteiger partial charge on any atom is 0.425 e. The lowest BCUT2D eigenvalue weighted by Crippen LogP contribution is -2.13. The Morgan fingerprint density at radius 2 is 2.29 bits per heavy atom. The highest BCUT2D eigenvalue weighted by Gasteiger charge is 1.98. The van der Waals surface area contributed by atoms with Crippen LogP contribution < -0.4 is 5.43 Å². The predicted molar refractivity (Wildman–Crippen MR) is 51.9 cm³/mol. The maximum atomic E-state index is 10.0. The molecule has 0 heterocycles. The van der Waals surface area contributed by atoms with Gasteiger partial charge in [0.25, 0.3) is 0 Å². The number of rotatable bonds is 2. The number of hydrazone groups is 1. The van der Waals surface area contributed by atoms with Crippen LogP contribution in [0.5, 0.6) is 5.75 Å². The predicted octanol–water partition coefficient (Wildman–Crippen LogP) is 1.65. The van der Waals surface area contributed by atoms with Crippen molar-refractivity contribution in [3.8, 4) is 5.75 Å². The van der Waals surface area contributed by atoms with E-state index in [-0.39, 0.29) is 5.75 Å². The van der Waals surface area contributed by atoms with Gasteiger partial charge >= 0.3 is 6.09 Å². The summed E-state index contributed by atoms with van der Waals surface area (Å²) in [6.45, 7) is 0. The van der Waals surface area contributed by atoms with Gasteiger partial charge in [-0.25, -0.2) is 10.2 Å². The standard InChI is InChI=1S/C8H7ClN2O3/c9-6-1-2-7(12)5(3-6)4-10-11-8(13)14/h1-4,11-12H,(H,13,14)/b10-4+. The smallest absolute Gasteiger partial charge is 0.425 e. The van der Waals surface area contributed by atoms with Crippen LogP contribution in [-0.2, 0) is 0 Å². The average Bonchev–Trinajstić information content (AvgIpc) is 2.10. The normalized spacial score (nSPS) is 10.4. The number of carboxylic acid groups (broad SMARTS) is 1. The molecular weight excluding hydrogens is 208 g/mol. The van der Waals surface area contributed by atoms with Crippen molar-refractivity contribution in [2.75, 3.05) is 0 Å². The number of nitrogens with zero attached hydrogens (tertiary/aromatic N) is 1. The second-order valence-corrected chi connectivity index (χ2v) is 2.81. The van der Waals surface area contributed by atoms with Crippen LogP contribution in [0.15, 0.2) is 23.3 Å². The van der Waals surface area contributed by atoms with Gasteiger partial charge in [0, 0.05) is 10.6 Å². The molecule has 0 radical (unpaired) electrons. The van der Waals surface area contributed by atoms with Crippen molar-refractivity contribution in [2.45, 2.75) is 0 Å². The molecule has 0 unspecified atom stereocenters. The summed E-state index contributed by atoms with van der Waals surface area (Å²) in [4.78, 5) is 10.0. The topological polar surface area (TPSA) is 81.9 Å². The van der Waals surface area contributed by atoms with Crippen molar-refractivity contribution >= 4 is 23.9 Å². The summed E-state index contributed by atoms with van der Waals surface area (Å²) >= 11 is 5.65. The number of aromatic hydroxyl groups is 1. The average molecular weight is 215 g/mol. The molecule has 6 heteroatoms. The number of hydrogen-bond donors (Lipinski definition) is 3. The van der Waals surface area contributed by atoms with E-state index in [4.69, 9.17) is 16.7 Å².